The Morgan fingerprint density at radius 2 is 1.52 bits per heavy atom. The molecule has 0 spiro atoms. The summed E-state index contributed by atoms with van der Waals surface area (Å²) in [5.74, 6) is -2.22. The number of aromatic nitrogens is 2. The van der Waals surface area contributed by atoms with Gasteiger partial charge < -0.3 is 20.3 Å². The van der Waals surface area contributed by atoms with Crippen LogP contribution in [0.1, 0.15) is 76.0 Å². The number of carbonyl (C=O) groups is 4. The maximum Gasteiger partial charge on any atom is 0.418 e. The van der Waals surface area contributed by atoms with Gasteiger partial charge in [-0.3, -0.25) is 19.7 Å². The second kappa shape index (κ2) is 14.3. The molecule has 0 bridgehead atoms. The number of hydrogen-bond donors (Lipinski definition) is 2. The lowest BCUT2D eigenvalue weighted by Crippen LogP contribution is -2.50. The first-order valence-corrected chi connectivity index (χ1v) is 14.3. The van der Waals surface area contributed by atoms with Crippen molar-refractivity contribution in [3.05, 3.63) is 71.7 Å². The number of amides is 3. The van der Waals surface area contributed by atoms with Gasteiger partial charge in [0.05, 0.1) is 24.3 Å². The van der Waals surface area contributed by atoms with Gasteiger partial charge in [0.1, 0.15) is 17.2 Å². The molecule has 0 fully saturated rings. The third kappa shape index (κ3) is 9.21. The van der Waals surface area contributed by atoms with Gasteiger partial charge in [-0.25, -0.2) is 19.3 Å². The Bertz CT molecular complexity index is 1480. The van der Waals surface area contributed by atoms with E-state index in [4.69, 9.17) is 15.2 Å². The molecule has 44 heavy (non-hydrogen) atoms. The number of ether oxygens (including phenoxy) is 2. The molecule has 1 aromatic carbocycles. The monoisotopic (exact) mass is 607 g/mol. The summed E-state index contributed by atoms with van der Waals surface area (Å²) in [7, 11) is 0. The number of rotatable bonds is 10. The van der Waals surface area contributed by atoms with Crippen LogP contribution in [0.25, 0.3) is 10.9 Å². The predicted octanol–water partition coefficient (Wildman–Crippen LogP) is 5.14. The summed E-state index contributed by atoms with van der Waals surface area (Å²) in [6.45, 7) is 10.6. The van der Waals surface area contributed by atoms with Gasteiger partial charge in [0.15, 0.2) is 0 Å². The van der Waals surface area contributed by atoms with Gasteiger partial charge in [0.25, 0.3) is 5.91 Å². The third-order valence-corrected chi connectivity index (χ3v) is 6.26. The van der Waals surface area contributed by atoms with Gasteiger partial charge in [-0.2, -0.15) is 0 Å². The molecule has 0 unspecified atom stereocenters. The minimum atomic E-state index is -1.51. The van der Waals surface area contributed by atoms with Crippen LogP contribution in [0, 0.1) is 0 Å². The molecule has 3 N–H and O–H groups in total. The summed E-state index contributed by atoms with van der Waals surface area (Å²) in [5, 5.41) is 10.4. The largest absolute Gasteiger partial charge is 0.480 e. The second-order valence-electron chi connectivity index (χ2n) is 12.3. The first-order valence-electron chi connectivity index (χ1n) is 14.3. The molecule has 3 amide bonds. The van der Waals surface area contributed by atoms with Crippen LogP contribution in [0.5, 0.6) is 0 Å². The standard InChI is InChI=1S/C32H41N5O7/c1-31(2,3)43-29(41)36(20-22-11-7-8-17-34-22)19-21-14-15-24(23-12-10-18-35-26(21)23)27(38)37(30(42)44-32(4,5)6)25(28(39)40)13-9-16-33/h7-8,10-12,14-15,17-18,25H,9,13,16,19-20,33H2,1-6H3,(H,39,40)/t25-/m0/s1. The average molecular weight is 608 g/mol. The molecule has 2 heterocycles. The van der Waals surface area contributed by atoms with Crippen molar-refractivity contribution < 1.29 is 33.8 Å². The molecule has 3 rings (SSSR count). The van der Waals surface area contributed by atoms with Crippen LogP contribution in [0.2, 0.25) is 0 Å². The Hall–Kier alpha value is -4.58. The van der Waals surface area contributed by atoms with Crippen molar-refractivity contribution in [2.45, 2.75) is 84.7 Å². The molecule has 0 saturated carbocycles. The molecular weight excluding hydrogens is 566 g/mol. The van der Waals surface area contributed by atoms with Gasteiger partial charge in [-0.1, -0.05) is 18.2 Å². The first-order chi connectivity index (χ1) is 20.6. The van der Waals surface area contributed by atoms with Gasteiger partial charge in [-0.15, -0.1) is 0 Å². The van der Waals surface area contributed by atoms with Crippen molar-refractivity contribution in [3.63, 3.8) is 0 Å². The minimum absolute atomic E-state index is 0.0512. The highest BCUT2D eigenvalue weighted by atomic mass is 16.6. The van der Waals surface area contributed by atoms with Gasteiger partial charge in [0, 0.05) is 23.3 Å². The molecule has 0 saturated heterocycles. The summed E-state index contributed by atoms with van der Waals surface area (Å²) in [4.78, 5) is 63.9. The van der Waals surface area contributed by atoms with Crippen LogP contribution in [0.4, 0.5) is 9.59 Å². The quantitative estimate of drug-likeness (QED) is 0.315. The number of nitrogens with zero attached hydrogens (tertiary/aromatic N) is 4. The van der Waals surface area contributed by atoms with Crippen molar-refractivity contribution in [1.82, 2.24) is 19.8 Å². The topological polar surface area (TPSA) is 165 Å². The number of aliphatic carboxylic acids is 1. The van der Waals surface area contributed by atoms with Gasteiger partial charge in [0.2, 0.25) is 0 Å². The van der Waals surface area contributed by atoms with E-state index in [-0.39, 0.29) is 38.0 Å². The van der Waals surface area contributed by atoms with Crippen LogP contribution in [-0.2, 0) is 27.4 Å². The van der Waals surface area contributed by atoms with Crippen LogP contribution in [0.3, 0.4) is 0 Å². The Labute approximate surface area is 257 Å². The van der Waals surface area contributed by atoms with Crippen molar-refractivity contribution in [1.29, 1.82) is 0 Å². The lowest BCUT2D eigenvalue weighted by atomic mass is 10.0. The fourth-order valence-electron chi connectivity index (χ4n) is 4.42. The number of carboxylic acids is 1. The molecule has 12 heteroatoms. The van der Waals surface area contributed by atoms with E-state index in [1.165, 1.54) is 11.0 Å². The van der Waals surface area contributed by atoms with E-state index in [1.807, 2.05) is 6.07 Å². The highest BCUT2D eigenvalue weighted by molar-refractivity contribution is 6.12. The number of fused-ring (bicyclic) bond motifs is 1. The van der Waals surface area contributed by atoms with Crippen molar-refractivity contribution in [3.8, 4) is 0 Å². The Kier molecular flexibility index (Phi) is 11.0. The maximum atomic E-state index is 14.0. The van der Waals surface area contributed by atoms with Crippen LogP contribution in [-0.4, -0.2) is 72.7 Å². The smallest absolute Gasteiger partial charge is 0.418 e. The summed E-state index contributed by atoms with van der Waals surface area (Å²) in [5.41, 5.74) is 5.57. The minimum Gasteiger partial charge on any atom is -0.480 e. The zero-order valence-electron chi connectivity index (χ0n) is 26.1. The zero-order chi connectivity index (χ0) is 32.7. The summed E-state index contributed by atoms with van der Waals surface area (Å²) in [6.07, 6.45) is 1.75. The molecule has 0 aliphatic rings. The number of imide groups is 1. The van der Waals surface area contributed by atoms with Crippen LogP contribution in [0.15, 0.2) is 54.9 Å². The number of carboxylic acid groups (broad SMARTS) is 1. The number of nitrogens with two attached hydrogens (primary N) is 1. The first kappa shape index (κ1) is 33.9. The SMILES string of the molecule is CC(C)(C)OC(=O)N(Cc1ccccn1)Cc1ccc(C(=O)N(C(=O)OC(C)(C)C)[C@@H](CCCN)C(=O)O)c2cccnc12. The highest BCUT2D eigenvalue weighted by Gasteiger charge is 2.38. The lowest BCUT2D eigenvalue weighted by molar-refractivity contribution is -0.142. The average Bonchev–Trinajstić information content (AvgIpc) is 2.93. The molecule has 0 aliphatic heterocycles. The molecule has 3 aromatic rings. The van der Waals surface area contributed by atoms with E-state index >= 15 is 0 Å². The van der Waals surface area contributed by atoms with E-state index in [2.05, 4.69) is 9.97 Å². The normalized spacial score (nSPS) is 12.3. The number of benzene rings is 1. The fraction of sp³-hybridized carbons (Fsp3) is 0.438. The third-order valence-electron chi connectivity index (χ3n) is 6.26. The molecule has 236 valence electrons. The van der Waals surface area contributed by atoms with E-state index in [1.54, 1.807) is 84.3 Å². The summed E-state index contributed by atoms with van der Waals surface area (Å²) in [6, 6.07) is 10.3. The highest BCUT2D eigenvalue weighted by Crippen LogP contribution is 2.27. The lowest BCUT2D eigenvalue weighted by Gasteiger charge is -2.30. The van der Waals surface area contributed by atoms with Crippen LogP contribution >= 0.6 is 0 Å². The second-order valence-corrected chi connectivity index (χ2v) is 12.3. The van der Waals surface area contributed by atoms with Gasteiger partial charge >= 0.3 is 18.2 Å². The predicted molar refractivity (Wildman–Crippen MR) is 164 cm³/mol. The molecular formula is C32H41N5O7. The maximum absolute atomic E-state index is 14.0. The fourth-order valence-corrected chi connectivity index (χ4v) is 4.42. The van der Waals surface area contributed by atoms with E-state index in [0.29, 0.717) is 27.1 Å². The number of pyridine rings is 2. The van der Waals surface area contributed by atoms with E-state index in [0.717, 1.165) is 0 Å². The Balaban J connectivity index is 2.08. The zero-order valence-corrected chi connectivity index (χ0v) is 26.1. The summed E-state index contributed by atoms with van der Waals surface area (Å²) < 4.78 is 11.1. The van der Waals surface area contributed by atoms with Crippen molar-refractivity contribution in [2.24, 2.45) is 5.73 Å². The molecule has 2 aromatic heterocycles. The van der Waals surface area contributed by atoms with E-state index < -0.39 is 41.3 Å². The summed E-state index contributed by atoms with van der Waals surface area (Å²) >= 11 is 0. The van der Waals surface area contributed by atoms with E-state index in [9.17, 15) is 24.3 Å². The Morgan fingerprint density at radius 3 is 2.11 bits per heavy atom. The molecule has 0 radical (unpaired) electrons. The molecule has 12 nitrogen and oxygen atoms in total. The number of carbonyl (C=O) groups excluding carboxylic acids is 3. The van der Waals surface area contributed by atoms with Crippen molar-refractivity contribution >= 4 is 35.0 Å². The van der Waals surface area contributed by atoms with Gasteiger partial charge in [-0.05, 0) is 90.8 Å². The van der Waals surface area contributed by atoms with Crippen molar-refractivity contribution in [2.75, 3.05) is 6.54 Å². The number of hydrogen-bond acceptors (Lipinski definition) is 9. The molecule has 0 aliphatic carbocycles. The molecule has 1 atom stereocenters. The Morgan fingerprint density at radius 1 is 0.864 bits per heavy atom. The van der Waals surface area contributed by atoms with Crippen LogP contribution < -0.4 is 5.73 Å².